The third-order valence-electron chi connectivity index (χ3n) is 2.77. The lowest BCUT2D eigenvalue weighted by atomic mass is 10.1. The standard InChI is InChI=1S/C15H21FO3/c1-11(2)5-4-8-19-10-14(17)13-9-12(16)6-7-15(13)18-3/h6-7,9,11H,4-5,8,10H2,1-3H3. The highest BCUT2D eigenvalue weighted by atomic mass is 19.1. The van der Waals surface area contributed by atoms with Crippen LogP contribution in [0.1, 0.15) is 37.0 Å². The fourth-order valence-corrected chi connectivity index (χ4v) is 1.73. The van der Waals surface area contributed by atoms with Gasteiger partial charge in [0.15, 0.2) is 5.78 Å². The highest BCUT2D eigenvalue weighted by molar-refractivity contribution is 5.99. The summed E-state index contributed by atoms with van der Waals surface area (Å²) in [7, 11) is 1.45. The first-order chi connectivity index (χ1) is 9.04. The van der Waals surface area contributed by atoms with E-state index >= 15 is 0 Å². The Bertz CT molecular complexity index is 416. The van der Waals surface area contributed by atoms with Crippen molar-refractivity contribution in [2.45, 2.75) is 26.7 Å². The van der Waals surface area contributed by atoms with Crippen LogP contribution in [0.2, 0.25) is 0 Å². The molecule has 0 aliphatic heterocycles. The van der Waals surface area contributed by atoms with Crippen molar-refractivity contribution in [3.63, 3.8) is 0 Å². The zero-order valence-electron chi connectivity index (χ0n) is 11.7. The van der Waals surface area contributed by atoms with Gasteiger partial charge in [-0.3, -0.25) is 4.79 Å². The summed E-state index contributed by atoms with van der Waals surface area (Å²) in [6.45, 7) is 4.78. The second kappa shape index (κ2) is 7.89. The summed E-state index contributed by atoms with van der Waals surface area (Å²) in [5, 5.41) is 0. The van der Waals surface area contributed by atoms with Crippen molar-refractivity contribution in [2.75, 3.05) is 20.3 Å². The number of ether oxygens (including phenoxy) is 2. The van der Waals surface area contributed by atoms with Crippen molar-refractivity contribution in [3.05, 3.63) is 29.6 Å². The van der Waals surface area contributed by atoms with Crippen LogP contribution >= 0.6 is 0 Å². The summed E-state index contributed by atoms with van der Waals surface area (Å²) >= 11 is 0. The van der Waals surface area contributed by atoms with E-state index in [2.05, 4.69) is 13.8 Å². The number of Topliss-reactive ketones (excluding diaryl/α,β-unsaturated/α-hetero) is 1. The fraction of sp³-hybridized carbons (Fsp3) is 0.533. The van der Waals surface area contributed by atoms with Gasteiger partial charge >= 0.3 is 0 Å². The van der Waals surface area contributed by atoms with E-state index < -0.39 is 5.82 Å². The van der Waals surface area contributed by atoms with Crippen LogP contribution in [-0.4, -0.2) is 26.1 Å². The third kappa shape index (κ3) is 5.39. The highest BCUT2D eigenvalue weighted by Crippen LogP contribution is 2.19. The van der Waals surface area contributed by atoms with Gasteiger partial charge in [0, 0.05) is 6.61 Å². The second-order valence-corrected chi connectivity index (χ2v) is 4.86. The first-order valence-corrected chi connectivity index (χ1v) is 6.49. The van der Waals surface area contributed by atoms with Gasteiger partial charge in [-0.2, -0.15) is 0 Å². The van der Waals surface area contributed by atoms with Crippen LogP contribution < -0.4 is 4.74 Å². The Morgan fingerprint density at radius 3 is 2.74 bits per heavy atom. The molecule has 0 saturated carbocycles. The van der Waals surface area contributed by atoms with E-state index in [1.165, 1.54) is 25.3 Å². The molecule has 0 amide bonds. The fourth-order valence-electron chi connectivity index (χ4n) is 1.73. The molecular formula is C15H21FO3. The van der Waals surface area contributed by atoms with Crippen molar-refractivity contribution in [1.29, 1.82) is 0 Å². The molecule has 3 nitrogen and oxygen atoms in total. The average Bonchev–Trinajstić information content (AvgIpc) is 2.37. The molecule has 0 N–H and O–H groups in total. The van der Waals surface area contributed by atoms with Crippen LogP contribution in [0.15, 0.2) is 18.2 Å². The number of hydrogen-bond donors (Lipinski definition) is 0. The minimum Gasteiger partial charge on any atom is -0.496 e. The summed E-state index contributed by atoms with van der Waals surface area (Å²) in [4.78, 5) is 11.9. The number of carbonyl (C=O) groups excluding carboxylic acids is 1. The molecule has 106 valence electrons. The summed E-state index contributed by atoms with van der Waals surface area (Å²) in [6, 6.07) is 3.89. The average molecular weight is 268 g/mol. The molecule has 1 aromatic rings. The Morgan fingerprint density at radius 2 is 2.11 bits per heavy atom. The molecule has 0 radical (unpaired) electrons. The molecule has 0 bridgehead atoms. The third-order valence-corrected chi connectivity index (χ3v) is 2.77. The molecule has 19 heavy (non-hydrogen) atoms. The predicted molar refractivity (Wildman–Crippen MR) is 72.2 cm³/mol. The van der Waals surface area contributed by atoms with Crippen molar-refractivity contribution >= 4 is 5.78 Å². The molecule has 0 heterocycles. The zero-order valence-corrected chi connectivity index (χ0v) is 11.7. The largest absolute Gasteiger partial charge is 0.496 e. The van der Waals surface area contributed by atoms with Gasteiger partial charge in [0.25, 0.3) is 0 Å². The van der Waals surface area contributed by atoms with Crippen LogP contribution in [0, 0.1) is 11.7 Å². The minimum absolute atomic E-state index is 0.0437. The molecule has 0 aliphatic rings. The van der Waals surface area contributed by atoms with Crippen LogP contribution in [0.5, 0.6) is 5.75 Å². The van der Waals surface area contributed by atoms with Gasteiger partial charge in [0.1, 0.15) is 18.2 Å². The maximum absolute atomic E-state index is 13.1. The SMILES string of the molecule is COc1ccc(F)cc1C(=O)COCCCC(C)C. The van der Waals surface area contributed by atoms with Crippen molar-refractivity contribution in [2.24, 2.45) is 5.92 Å². The van der Waals surface area contributed by atoms with Crippen LogP contribution in [0.25, 0.3) is 0 Å². The molecule has 0 spiro atoms. The summed E-state index contributed by atoms with van der Waals surface area (Å²) in [5.74, 6) is 0.282. The van der Waals surface area contributed by atoms with Gasteiger partial charge in [-0.1, -0.05) is 13.8 Å². The van der Waals surface area contributed by atoms with Gasteiger partial charge in [-0.15, -0.1) is 0 Å². The van der Waals surface area contributed by atoms with E-state index in [1.54, 1.807) is 0 Å². The molecule has 0 saturated heterocycles. The maximum atomic E-state index is 13.1. The Kier molecular flexibility index (Phi) is 6.50. The van der Waals surface area contributed by atoms with Crippen LogP contribution in [0.4, 0.5) is 4.39 Å². The van der Waals surface area contributed by atoms with E-state index in [0.717, 1.165) is 12.8 Å². The van der Waals surface area contributed by atoms with E-state index in [-0.39, 0.29) is 18.0 Å². The summed E-state index contributed by atoms with van der Waals surface area (Å²) in [5.41, 5.74) is 0.228. The highest BCUT2D eigenvalue weighted by Gasteiger charge is 2.13. The van der Waals surface area contributed by atoms with E-state index in [9.17, 15) is 9.18 Å². The van der Waals surface area contributed by atoms with E-state index in [1.807, 2.05) is 0 Å². The van der Waals surface area contributed by atoms with Crippen molar-refractivity contribution in [1.82, 2.24) is 0 Å². The topological polar surface area (TPSA) is 35.5 Å². The number of ketones is 1. The van der Waals surface area contributed by atoms with E-state index in [4.69, 9.17) is 9.47 Å². The Hall–Kier alpha value is -1.42. The second-order valence-electron chi connectivity index (χ2n) is 4.86. The van der Waals surface area contributed by atoms with Gasteiger partial charge in [0.05, 0.1) is 12.7 Å². The number of methoxy groups -OCH3 is 1. The molecule has 1 aromatic carbocycles. The number of halogens is 1. The van der Waals surface area contributed by atoms with Crippen molar-refractivity contribution < 1.29 is 18.7 Å². The molecule has 0 atom stereocenters. The molecule has 0 aromatic heterocycles. The molecule has 1 rings (SSSR count). The van der Waals surface area contributed by atoms with Crippen molar-refractivity contribution in [3.8, 4) is 5.75 Å². The molecule has 4 heteroatoms. The number of rotatable bonds is 8. The molecule has 0 aliphatic carbocycles. The smallest absolute Gasteiger partial charge is 0.192 e. The first kappa shape index (κ1) is 15.6. The zero-order chi connectivity index (χ0) is 14.3. The van der Waals surface area contributed by atoms with E-state index in [0.29, 0.717) is 18.3 Å². The predicted octanol–water partition coefficient (Wildman–Crippen LogP) is 3.47. The van der Waals surface area contributed by atoms with Gasteiger partial charge < -0.3 is 9.47 Å². The Morgan fingerprint density at radius 1 is 1.37 bits per heavy atom. The summed E-state index contributed by atoms with van der Waals surface area (Å²) < 4.78 is 23.5. The minimum atomic E-state index is -0.455. The van der Waals surface area contributed by atoms with Gasteiger partial charge in [-0.05, 0) is 37.0 Å². The summed E-state index contributed by atoms with van der Waals surface area (Å²) in [6.07, 6.45) is 1.99. The first-order valence-electron chi connectivity index (χ1n) is 6.49. The lowest BCUT2D eigenvalue weighted by Crippen LogP contribution is -2.11. The molecule has 0 fully saturated rings. The lowest BCUT2D eigenvalue weighted by Gasteiger charge is -2.09. The number of benzene rings is 1. The molecular weight excluding hydrogens is 247 g/mol. The van der Waals surface area contributed by atoms with Crippen LogP contribution in [0.3, 0.4) is 0 Å². The Labute approximate surface area is 113 Å². The number of hydrogen-bond acceptors (Lipinski definition) is 3. The lowest BCUT2D eigenvalue weighted by molar-refractivity contribution is 0.0746. The molecule has 0 unspecified atom stereocenters. The normalized spacial score (nSPS) is 10.8. The van der Waals surface area contributed by atoms with Crippen LogP contribution in [-0.2, 0) is 4.74 Å². The quantitative estimate of drug-likeness (QED) is 0.535. The Balaban J connectivity index is 2.47. The number of carbonyl (C=O) groups is 1. The monoisotopic (exact) mass is 268 g/mol. The van der Waals surface area contributed by atoms with Gasteiger partial charge in [0.2, 0.25) is 0 Å². The van der Waals surface area contributed by atoms with Gasteiger partial charge in [-0.25, -0.2) is 4.39 Å². The maximum Gasteiger partial charge on any atom is 0.192 e.